The Balaban J connectivity index is 1.10. The molecule has 4 aliphatic rings. The zero-order chi connectivity index (χ0) is 32.0. The van der Waals surface area contributed by atoms with Gasteiger partial charge in [0, 0.05) is 18.5 Å². The fourth-order valence-electron chi connectivity index (χ4n) is 9.56. The van der Waals surface area contributed by atoms with E-state index in [1.807, 2.05) is 38.4 Å². The molecule has 8 nitrogen and oxygen atoms in total. The SMILES string of the molecule is CC[C@H](NC(=O)OC(C)(C)C)C(=O)O[C@H]1CC[C@@]2(C)C(=CCC3C2CC[C@@]2(C)C3CC[C@@H]2c2cn(Cc3ccccc3)nn2)C1. The molecule has 0 aliphatic heterocycles. The second-order valence-corrected chi connectivity index (χ2v) is 15.7. The molecule has 8 atom stereocenters. The first-order valence-corrected chi connectivity index (χ1v) is 17.2. The van der Waals surface area contributed by atoms with Crippen molar-refractivity contribution < 1.29 is 19.1 Å². The maximum absolute atomic E-state index is 13.1. The van der Waals surface area contributed by atoms with Crippen LogP contribution in [0.2, 0.25) is 0 Å². The molecule has 1 amide bonds. The van der Waals surface area contributed by atoms with Gasteiger partial charge in [-0.05, 0) is 106 Å². The van der Waals surface area contributed by atoms with Gasteiger partial charge in [0.1, 0.15) is 17.7 Å². The van der Waals surface area contributed by atoms with Crippen molar-refractivity contribution in [1.82, 2.24) is 20.3 Å². The summed E-state index contributed by atoms with van der Waals surface area (Å²) in [7, 11) is 0. The number of esters is 1. The number of carbonyl (C=O) groups excluding carboxylic acids is 2. The Kier molecular flexibility index (Phi) is 8.64. The molecule has 1 aromatic heterocycles. The fraction of sp³-hybridized carbons (Fsp3) is 0.676. The number of rotatable bonds is 7. The number of hydrogen-bond donors (Lipinski definition) is 1. The van der Waals surface area contributed by atoms with Gasteiger partial charge in [-0.25, -0.2) is 14.3 Å². The van der Waals surface area contributed by atoms with Crippen LogP contribution < -0.4 is 5.32 Å². The van der Waals surface area contributed by atoms with Crippen molar-refractivity contribution in [2.24, 2.45) is 28.6 Å². The first-order valence-electron chi connectivity index (χ1n) is 17.2. The van der Waals surface area contributed by atoms with E-state index in [0.29, 0.717) is 30.1 Å². The third-order valence-electron chi connectivity index (χ3n) is 11.8. The molecule has 4 aliphatic carbocycles. The molecule has 8 heteroatoms. The number of amides is 1. The highest BCUT2D eigenvalue weighted by molar-refractivity contribution is 5.81. The minimum atomic E-state index is -0.704. The highest BCUT2D eigenvalue weighted by atomic mass is 16.6. The Bertz CT molecular complexity index is 1410. The number of nitrogens with one attached hydrogen (secondary N) is 1. The lowest BCUT2D eigenvalue weighted by Gasteiger charge is -2.58. The molecule has 0 bridgehead atoms. The minimum Gasteiger partial charge on any atom is -0.461 e. The van der Waals surface area contributed by atoms with Crippen molar-refractivity contribution in [1.29, 1.82) is 0 Å². The predicted molar refractivity (Wildman–Crippen MR) is 173 cm³/mol. The van der Waals surface area contributed by atoms with E-state index in [2.05, 4.69) is 60.9 Å². The number of fused-ring (bicyclic) bond motifs is 5. The topological polar surface area (TPSA) is 95.3 Å². The van der Waals surface area contributed by atoms with Crippen LogP contribution in [0.5, 0.6) is 0 Å². The predicted octanol–water partition coefficient (Wildman–Crippen LogP) is 7.59. The van der Waals surface area contributed by atoms with E-state index in [1.165, 1.54) is 42.5 Å². The summed E-state index contributed by atoms with van der Waals surface area (Å²) in [5.74, 6) is 2.13. The Morgan fingerprint density at radius 1 is 1.07 bits per heavy atom. The van der Waals surface area contributed by atoms with E-state index in [0.717, 1.165) is 32.2 Å². The summed E-state index contributed by atoms with van der Waals surface area (Å²) in [6.45, 7) is 13.1. The van der Waals surface area contributed by atoms with E-state index in [-0.39, 0.29) is 22.9 Å². The molecule has 0 spiro atoms. The second kappa shape index (κ2) is 12.2. The monoisotopic (exact) mass is 616 g/mol. The Labute approximate surface area is 268 Å². The van der Waals surface area contributed by atoms with Gasteiger partial charge in [-0.1, -0.05) is 68.0 Å². The highest BCUT2D eigenvalue weighted by Crippen LogP contribution is 2.67. The first-order chi connectivity index (χ1) is 21.4. The van der Waals surface area contributed by atoms with E-state index in [1.54, 1.807) is 0 Å². The van der Waals surface area contributed by atoms with E-state index >= 15 is 0 Å². The number of hydrogen-bond acceptors (Lipinski definition) is 6. The first kappa shape index (κ1) is 31.8. The van der Waals surface area contributed by atoms with Crippen LogP contribution in [0.15, 0.2) is 48.2 Å². The van der Waals surface area contributed by atoms with Crippen molar-refractivity contribution in [2.45, 2.75) is 130 Å². The third-order valence-corrected chi connectivity index (χ3v) is 11.8. The lowest BCUT2D eigenvalue weighted by Crippen LogP contribution is -2.50. The van der Waals surface area contributed by atoms with E-state index < -0.39 is 17.7 Å². The van der Waals surface area contributed by atoms with Crippen molar-refractivity contribution >= 4 is 12.1 Å². The number of aromatic nitrogens is 3. The van der Waals surface area contributed by atoms with Crippen molar-refractivity contribution in [2.75, 3.05) is 0 Å². The molecule has 0 saturated heterocycles. The van der Waals surface area contributed by atoms with Crippen LogP contribution in [-0.2, 0) is 20.8 Å². The number of ether oxygens (including phenoxy) is 2. The molecule has 45 heavy (non-hydrogen) atoms. The summed E-state index contributed by atoms with van der Waals surface area (Å²) in [4.78, 5) is 25.4. The summed E-state index contributed by atoms with van der Waals surface area (Å²) in [5, 5.41) is 12.0. The zero-order valence-electron chi connectivity index (χ0n) is 28.1. The number of benzene rings is 1. The summed E-state index contributed by atoms with van der Waals surface area (Å²) in [6, 6.07) is 9.78. The molecule has 244 valence electrons. The van der Waals surface area contributed by atoms with Crippen LogP contribution in [-0.4, -0.2) is 44.8 Å². The van der Waals surface area contributed by atoms with Gasteiger partial charge in [0.15, 0.2) is 0 Å². The Morgan fingerprint density at radius 3 is 2.58 bits per heavy atom. The van der Waals surface area contributed by atoms with Gasteiger partial charge < -0.3 is 14.8 Å². The number of alkyl carbamates (subject to hydrolysis) is 1. The molecule has 3 saturated carbocycles. The molecular weight excluding hydrogens is 564 g/mol. The molecule has 1 N–H and O–H groups in total. The van der Waals surface area contributed by atoms with E-state index in [4.69, 9.17) is 14.6 Å². The van der Waals surface area contributed by atoms with Gasteiger partial charge in [0.05, 0.1) is 12.2 Å². The molecular formula is C37H52N4O4. The fourth-order valence-corrected chi connectivity index (χ4v) is 9.56. The summed E-state index contributed by atoms with van der Waals surface area (Å²) >= 11 is 0. The number of carbonyl (C=O) groups is 2. The number of allylic oxidation sites excluding steroid dienone is 1. The maximum Gasteiger partial charge on any atom is 0.408 e. The molecule has 3 fully saturated rings. The van der Waals surface area contributed by atoms with Crippen molar-refractivity contribution in [3.05, 3.63) is 59.4 Å². The summed E-state index contributed by atoms with van der Waals surface area (Å²) in [6.07, 6.45) is 13.2. The Morgan fingerprint density at radius 2 is 1.84 bits per heavy atom. The normalized spacial score (nSPS) is 33.2. The van der Waals surface area contributed by atoms with Crippen molar-refractivity contribution in [3.63, 3.8) is 0 Å². The number of nitrogens with zero attached hydrogens (tertiary/aromatic N) is 3. The molecule has 0 radical (unpaired) electrons. The molecule has 1 aromatic carbocycles. The summed E-state index contributed by atoms with van der Waals surface area (Å²) in [5.41, 5.74) is 3.67. The van der Waals surface area contributed by atoms with Crippen LogP contribution in [0.4, 0.5) is 4.79 Å². The zero-order valence-corrected chi connectivity index (χ0v) is 28.1. The quantitative estimate of drug-likeness (QED) is 0.254. The van der Waals surface area contributed by atoms with Gasteiger partial charge in [0.25, 0.3) is 0 Å². The maximum atomic E-state index is 13.1. The molecule has 3 unspecified atom stereocenters. The Hall–Kier alpha value is -3.16. The minimum absolute atomic E-state index is 0.147. The van der Waals surface area contributed by atoms with Gasteiger partial charge in [-0.15, -0.1) is 5.10 Å². The standard InChI is InChI=1S/C37H52N4O4/c1-7-31(38-34(43)45-35(2,3)4)33(42)44-26-17-19-36(5)25(21-26)13-14-27-28-15-16-30(37(28,6)20-18-29(27)36)32-23-41(40-39-32)22-24-11-9-8-10-12-24/h8-13,23,26-31H,7,14-22H2,1-6H3,(H,38,43)/t26-,27?,28?,29?,30+,31-,36-,37-/m0/s1. The molecule has 6 rings (SSSR count). The van der Waals surface area contributed by atoms with Crippen LogP contribution in [0.1, 0.15) is 117 Å². The van der Waals surface area contributed by atoms with Gasteiger partial charge >= 0.3 is 12.1 Å². The third kappa shape index (κ3) is 6.31. The van der Waals surface area contributed by atoms with Crippen molar-refractivity contribution in [3.8, 4) is 0 Å². The smallest absolute Gasteiger partial charge is 0.408 e. The molecule has 1 heterocycles. The lowest BCUT2D eigenvalue weighted by molar-refractivity contribution is -0.154. The van der Waals surface area contributed by atoms with Gasteiger partial charge in [-0.3, -0.25) is 0 Å². The lowest BCUT2D eigenvalue weighted by atomic mass is 9.47. The van der Waals surface area contributed by atoms with Crippen LogP contribution in [0.3, 0.4) is 0 Å². The average molecular weight is 617 g/mol. The summed E-state index contributed by atoms with van der Waals surface area (Å²) < 4.78 is 13.4. The van der Waals surface area contributed by atoms with Crippen LogP contribution >= 0.6 is 0 Å². The van der Waals surface area contributed by atoms with Crippen LogP contribution in [0.25, 0.3) is 0 Å². The second-order valence-electron chi connectivity index (χ2n) is 15.7. The molecule has 2 aromatic rings. The van der Waals surface area contributed by atoms with E-state index in [9.17, 15) is 9.59 Å². The van der Waals surface area contributed by atoms with Gasteiger partial charge in [-0.2, -0.15) is 0 Å². The average Bonchev–Trinajstić information content (AvgIpc) is 3.59. The highest BCUT2D eigenvalue weighted by Gasteiger charge is 2.59. The largest absolute Gasteiger partial charge is 0.461 e. The van der Waals surface area contributed by atoms with Crippen LogP contribution in [0, 0.1) is 28.6 Å². The van der Waals surface area contributed by atoms with Gasteiger partial charge in [0.2, 0.25) is 0 Å².